The van der Waals surface area contributed by atoms with Gasteiger partial charge in [0.1, 0.15) is 10.7 Å². The van der Waals surface area contributed by atoms with Gasteiger partial charge in [-0.2, -0.15) is 0 Å². The van der Waals surface area contributed by atoms with Crippen LogP contribution >= 0.6 is 46.4 Å². The topological polar surface area (TPSA) is 78.5 Å². The number of rotatable bonds is 6. The highest BCUT2D eigenvalue weighted by molar-refractivity contribution is 6.54. The first-order valence-electron chi connectivity index (χ1n) is 10.4. The fraction of sp³-hybridized carbons (Fsp3) is 0.0800. The number of hydrogen-bond donors (Lipinski definition) is 2. The zero-order valence-corrected chi connectivity index (χ0v) is 21.2. The minimum atomic E-state index is -0.774. The lowest BCUT2D eigenvalue weighted by molar-refractivity contribution is -0.120. The van der Waals surface area contributed by atoms with E-state index in [1.54, 1.807) is 24.3 Å². The van der Waals surface area contributed by atoms with E-state index in [-0.39, 0.29) is 37.4 Å². The molecule has 0 bridgehead atoms. The number of carbonyl (C=O) groups is 3. The number of carbonyl (C=O) groups excluding carboxylic acids is 3. The normalized spacial score (nSPS) is 13.5. The highest BCUT2D eigenvalue weighted by atomic mass is 35.5. The molecule has 0 aromatic heterocycles. The minimum Gasteiger partial charge on any atom is -0.350 e. The Bertz CT molecular complexity index is 1390. The molecule has 3 amide bonds. The van der Waals surface area contributed by atoms with E-state index < -0.39 is 11.8 Å². The van der Waals surface area contributed by atoms with Crippen LogP contribution in [0.4, 0.5) is 17.1 Å². The van der Waals surface area contributed by atoms with Crippen LogP contribution < -0.4 is 15.5 Å². The summed E-state index contributed by atoms with van der Waals surface area (Å²) >= 11 is 24.4. The number of nitrogens with zero attached hydrogens (tertiary/aromatic N) is 1. The standard InChI is InChI=1S/C25H17Cl4N3O3/c1-2-13-6-8-15(9-7-13)31-23(33)14-4-3-5-16(10-14)30-22-21(29)24(34)32(25(22)35)20-12-18(27)17(26)11-19(20)28/h3-12,30H,2H2,1H3,(H,31,33). The van der Waals surface area contributed by atoms with Crippen LogP contribution in [0.15, 0.2) is 71.4 Å². The average Bonchev–Trinajstić information content (AvgIpc) is 3.05. The number of halogens is 4. The van der Waals surface area contributed by atoms with Crippen molar-refractivity contribution < 1.29 is 14.4 Å². The van der Waals surface area contributed by atoms with Gasteiger partial charge >= 0.3 is 0 Å². The van der Waals surface area contributed by atoms with Crippen LogP contribution in [-0.2, 0) is 16.0 Å². The Balaban J connectivity index is 1.54. The Kier molecular flexibility index (Phi) is 7.38. The fourth-order valence-electron chi connectivity index (χ4n) is 3.42. The van der Waals surface area contributed by atoms with Crippen LogP contribution in [0.2, 0.25) is 15.1 Å². The second-order valence-corrected chi connectivity index (χ2v) is 9.16. The molecule has 0 saturated heterocycles. The largest absolute Gasteiger partial charge is 0.350 e. The van der Waals surface area contributed by atoms with Crippen molar-refractivity contribution in [2.75, 3.05) is 15.5 Å². The van der Waals surface area contributed by atoms with Gasteiger partial charge in [-0.1, -0.05) is 71.5 Å². The molecule has 3 aromatic carbocycles. The highest BCUT2D eigenvalue weighted by Crippen LogP contribution is 2.38. The van der Waals surface area contributed by atoms with Crippen LogP contribution in [-0.4, -0.2) is 17.7 Å². The van der Waals surface area contributed by atoms with E-state index in [1.165, 1.54) is 12.1 Å². The molecule has 3 aromatic rings. The summed E-state index contributed by atoms with van der Waals surface area (Å²) < 4.78 is 0. The first kappa shape index (κ1) is 25.1. The molecule has 0 aliphatic carbocycles. The summed E-state index contributed by atoms with van der Waals surface area (Å²) in [5, 5.41) is 5.69. The minimum absolute atomic E-state index is 0.0493. The Morgan fingerprint density at radius 3 is 2.20 bits per heavy atom. The van der Waals surface area contributed by atoms with Crippen LogP contribution in [0.1, 0.15) is 22.8 Å². The summed E-state index contributed by atoms with van der Waals surface area (Å²) in [6.07, 6.45) is 0.899. The second kappa shape index (κ2) is 10.3. The molecule has 1 aliphatic heterocycles. The lowest BCUT2D eigenvalue weighted by Crippen LogP contribution is -2.32. The lowest BCUT2D eigenvalue weighted by atomic mass is 10.1. The summed E-state index contributed by atoms with van der Waals surface area (Å²) in [5.41, 5.74) is 2.43. The predicted molar refractivity (Wildman–Crippen MR) is 141 cm³/mol. The van der Waals surface area contributed by atoms with Crippen molar-refractivity contribution in [1.82, 2.24) is 0 Å². The molecule has 1 heterocycles. The van der Waals surface area contributed by atoms with E-state index in [4.69, 9.17) is 46.4 Å². The van der Waals surface area contributed by atoms with E-state index in [0.29, 0.717) is 16.9 Å². The third kappa shape index (κ3) is 5.16. The molecule has 0 spiro atoms. The maximum absolute atomic E-state index is 13.1. The number of hydrogen-bond acceptors (Lipinski definition) is 4. The molecule has 10 heteroatoms. The number of aryl methyl sites for hydroxylation is 1. The number of benzene rings is 3. The molecule has 4 rings (SSSR count). The van der Waals surface area contributed by atoms with Crippen LogP contribution in [0.25, 0.3) is 0 Å². The maximum atomic E-state index is 13.1. The first-order chi connectivity index (χ1) is 16.7. The third-order valence-electron chi connectivity index (χ3n) is 5.27. The summed E-state index contributed by atoms with van der Waals surface area (Å²) in [4.78, 5) is 39.4. The molecule has 35 heavy (non-hydrogen) atoms. The molecule has 2 N–H and O–H groups in total. The fourth-order valence-corrected chi connectivity index (χ4v) is 4.26. The maximum Gasteiger partial charge on any atom is 0.283 e. The smallest absolute Gasteiger partial charge is 0.283 e. The average molecular weight is 549 g/mol. The summed E-state index contributed by atoms with van der Waals surface area (Å²) in [5.74, 6) is -1.84. The zero-order chi connectivity index (χ0) is 25.3. The third-order valence-corrected chi connectivity index (χ3v) is 6.65. The van der Waals surface area contributed by atoms with Crippen LogP contribution in [0.5, 0.6) is 0 Å². The first-order valence-corrected chi connectivity index (χ1v) is 11.9. The molecule has 0 saturated carbocycles. The van der Waals surface area contributed by atoms with Crippen molar-refractivity contribution in [3.8, 4) is 0 Å². The van der Waals surface area contributed by atoms with Gasteiger partial charge in [-0.15, -0.1) is 0 Å². The van der Waals surface area contributed by atoms with Crippen LogP contribution in [0, 0.1) is 0 Å². The summed E-state index contributed by atoms with van der Waals surface area (Å²) in [7, 11) is 0. The van der Waals surface area contributed by atoms with Gasteiger partial charge in [0.05, 0.1) is 20.8 Å². The van der Waals surface area contributed by atoms with Crippen molar-refractivity contribution >= 4 is 81.2 Å². The van der Waals surface area contributed by atoms with Gasteiger partial charge in [0.2, 0.25) is 0 Å². The lowest BCUT2D eigenvalue weighted by Gasteiger charge is -2.17. The molecule has 0 radical (unpaired) electrons. The Morgan fingerprint density at radius 1 is 0.829 bits per heavy atom. The van der Waals surface area contributed by atoms with Crippen LogP contribution in [0.3, 0.4) is 0 Å². The molecule has 178 valence electrons. The van der Waals surface area contributed by atoms with Crippen molar-refractivity contribution in [3.05, 3.63) is 97.6 Å². The molecule has 0 unspecified atom stereocenters. The van der Waals surface area contributed by atoms with Gasteiger partial charge in [0.15, 0.2) is 0 Å². The number of amides is 3. The van der Waals surface area contributed by atoms with E-state index in [2.05, 4.69) is 17.6 Å². The van der Waals surface area contributed by atoms with Gasteiger partial charge < -0.3 is 10.6 Å². The number of anilines is 3. The molecule has 1 aliphatic rings. The molecule has 0 fully saturated rings. The molecular formula is C25H17Cl4N3O3. The molecule has 0 atom stereocenters. The van der Waals surface area contributed by atoms with Crippen molar-refractivity contribution in [2.24, 2.45) is 0 Å². The Labute approximate surface area is 221 Å². The van der Waals surface area contributed by atoms with E-state index in [9.17, 15) is 14.4 Å². The quantitative estimate of drug-likeness (QED) is 0.259. The Hall–Kier alpha value is -3.03. The van der Waals surface area contributed by atoms with Crippen molar-refractivity contribution in [3.63, 3.8) is 0 Å². The molecule has 6 nitrogen and oxygen atoms in total. The van der Waals surface area contributed by atoms with Gasteiger partial charge in [-0.25, -0.2) is 4.90 Å². The second-order valence-electron chi connectivity index (χ2n) is 7.56. The SMILES string of the molecule is CCc1ccc(NC(=O)c2cccc(NC3=C(Cl)C(=O)N(c4cc(Cl)c(Cl)cc4Cl)C3=O)c2)cc1. The van der Waals surface area contributed by atoms with Gasteiger partial charge in [-0.05, 0) is 54.4 Å². The van der Waals surface area contributed by atoms with E-state index in [1.807, 2.05) is 24.3 Å². The predicted octanol–water partition coefficient (Wildman–Crippen LogP) is 6.90. The highest BCUT2D eigenvalue weighted by Gasteiger charge is 2.40. The van der Waals surface area contributed by atoms with E-state index in [0.717, 1.165) is 16.9 Å². The molecular weight excluding hydrogens is 532 g/mol. The van der Waals surface area contributed by atoms with E-state index >= 15 is 0 Å². The van der Waals surface area contributed by atoms with Crippen molar-refractivity contribution in [2.45, 2.75) is 13.3 Å². The number of imide groups is 1. The summed E-state index contributed by atoms with van der Waals surface area (Å²) in [6.45, 7) is 2.05. The Morgan fingerprint density at radius 2 is 1.51 bits per heavy atom. The zero-order valence-electron chi connectivity index (χ0n) is 18.2. The monoisotopic (exact) mass is 547 g/mol. The van der Waals surface area contributed by atoms with Gasteiger partial charge in [0, 0.05) is 16.9 Å². The summed E-state index contributed by atoms with van der Waals surface area (Å²) in [6, 6.07) is 16.6. The van der Waals surface area contributed by atoms with Crippen molar-refractivity contribution in [1.29, 1.82) is 0 Å². The van der Waals surface area contributed by atoms with Gasteiger partial charge in [0.25, 0.3) is 17.7 Å². The van der Waals surface area contributed by atoms with Gasteiger partial charge in [-0.3, -0.25) is 14.4 Å². The number of nitrogens with one attached hydrogen (secondary N) is 2.